The molecule has 218 valence electrons. The predicted octanol–water partition coefficient (Wildman–Crippen LogP) is 1.20. The second-order valence-electron chi connectivity index (χ2n) is 8.60. The first-order valence-corrected chi connectivity index (χ1v) is 13.8. The molecule has 2 aliphatic heterocycles. The van der Waals surface area contributed by atoms with Crippen LogP contribution < -0.4 is 10.6 Å². The lowest BCUT2D eigenvalue weighted by atomic mass is 10.0. The van der Waals surface area contributed by atoms with E-state index >= 15 is 0 Å². The van der Waals surface area contributed by atoms with Crippen LogP contribution in [-0.4, -0.2) is 95.8 Å². The van der Waals surface area contributed by atoms with E-state index in [1.807, 2.05) is 0 Å². The lowest BCUT2D eigenvalue weighted by molar-refractivity contribution is -0.169. The summed E-state index contributed by atoms with van der Waals surface area (Å²) >= 11 is 2.39. The number of nitrogens with zero attached hydrogens (tertiary/aromatic N) is 3. The normalized spacial score (nSPS) is 19.3. The average molecular weight is 600 g/mol. The van der Waals surface area contributed by atoms with Gasteiger partial charge in [-0.05, 0) is 19.4 Å². The number of methoxy groups -OCH3 is 1. The molecule has 2 aliphatic rings. The first kappa shape index (κ1) is 30.8. The van der Waals surface area contributed by atoms with Crippen LogP contribution in [0, 0.1) is 0 Å². The summed E-state index contributed by atoms with van der Waals surface area (Å²) in [5.74, 6) is -2.27. The molecule has 0 aliphatic carbocycles. The van der Waals surface area contributed by atoms with E-state index in [-0.39, 0.29) is 34.7 Å². The number of amides is 3. The molecule has 0 radical (unpaired) electrons. The summed E-state index contributed by atoms with van der Waals surface area (Å²) in [5.41, 5.74) is 0.346. The fraction of sp³-hybridized carbons (Fsp3) is 0.522. The molecule has 0 saturated carbocycles. The van der Waals surface area contributed by atoms with Crippen molar-refractivity contribution in [1.82, 2.24) is 15.2 Å². The second-order valence-corrected chi connectivity index (χ2v) is 10.6. The molecule has 1 fully saturated rings. The number of aromatic nitrogens is 1. The summed E-state index contributed by atoms with van der Waals surface area (Å²) in [6.45, 7) is 5.96. The predicted molar refractivity (Wildman–Crippen MR) is 142 cm³/mol. The molecule has 15 nitrogen and oxygen atoms in total. The van der Waals surface area contributed by atoms with E-state index in [1.54, 1.807) is 13.8 Å². The third kappa shape index (κ3) is 7.28. The number of carbonyl (C=O) groups is 5. The van der Waals surface area contributed by atoms with Crippen molar-refractivity contribution in [3.8, 4) is 0 Å². The molecule has 0 bridgehead atoms. The van der Waals surface area contributed by atoms with Crippen molar-refractivity contribution in [2.75, 3.05) is 31.9 Å². The zero-order chi connectivity index (χ0) is 29.6. The number of anilines is 1. The molecule has 3 atom stereocenters. The molecule has 0 aromatic carbocycles. The van der Waals surface area contributed by atoms with Crippen molar-refractivity contribution >= 4 is 63.8 Å². The number of fused-ring (bicyclic) bond motifs is 1. The molecule has 17 heteroatoms. The van der Waals surface area contributed by atoms with Crippen molar-refractivity contribution in [3.63, 3.8) is 0 Å². The van der Waals surface area contributed by atoms with Crippen molar-refractivity contribution in [1.29, 1.82) is 0 Å². The third-order valence-electron chi connectivity index (χ3n) is 5.14. The molecule has 40 heavy (non-hydrogen) atoms. The number of nitrogens with one attached hydrogen (secondary N) is 2. The van der Waals surface area contributed by atoms with Gasteiger partial charge in [-0.1, -0.05) is 5.16 Å². The van der Waals surface area contributed by atoms with Crippen LogP contribution in [0.25, 0.3) is 0 Å². The van der Waals surface area contributed by atoms with Gasteiger partial charge in [0.1, 0.15) is 29.9 Å². The molecule has 1 unspecified atom stereocenters. The van der Waals surface area contributed by atoms with Crippen LogP contribution in [0.2, 0.25) is 0 Å². The highest BCUT2D eigenvalue weighted by atomic mass is 32.2. The van der Waals surface area contributed by atoms with Crippen LogP contribution in [0.15, 0.2) is 21.8 Å². The monoisotopic (exact) mass is 599 g/mol. The van der Waals surface area contributed by atoms with Gasteiger partial charge in [-0.15, -0.1) is 23.1 Å². The van der Waals surface area contributed by atoms with Gasteiger partial charge in [-0.25, -0.2) is 14.6 Å². The summed E-state index contributed by atoms with van der Waals surface area (Å²) < 4.78 is 20.3. The third-order valence-corrected chi connectivity index (χ3v) is 7.24. The minimum Gasteiger partial charge on any atom is -0.431 e. The lowest BCUT2D eigenvalue weighted by Crippen LogP contribution is -2.71. The molecular weight excluding hydrogens is 570 g/mol. The quantitative estimate of drug-likeness (QED) is 0.122. The highest BCUT2D eigenvalue weighted by Crippen LogP contribution is 2.41. The number of thioether (sulfide) groups is 1. The minimum atomic E-state index is -1.30. The highest BCUT2D eigenvalue weighted by Gasteiger charge is 2.55. The summed E-state index contributed by atoms with van der Waals surface area (Å²) in [7, 11) is 2.68. The zero-order valence-electron chi connectivity index (χ0n) is 22.5. The van der Waals surface area contributed by atoms with Crippen LogP contribution in [-0.2, 0) is 43.0 Å². The summed E-state index contributed by atoms with van der Waals surface area (Å²) in [6, 6.07) is -1.01. The molecule has 2 N–H and O–H groups in total. The van der Waals surface area contributed by atoms with Gasteiger partial charge in [0.25, 0.3) is 11.8 Å². The van der Waals surface area contributed by atoms with E-state index in [2.05, 4.69) is 20.8 Å². The SMILES string of the molecule is COCC1=C(C(=O)OC(C)OC(=O)OC(C)C)N2C(=O)[C@@H](NC(=O)/C(=N\OC)c3csc(NC(C)=O)n3)[C@H]2SC1. The van der Waals surface area contributed by atoms with Crippen molar-refractivity contribution in [3.05, 3.63) is 22.3 Å². The largest absolute Gasteiger partial charge is 0.511 e. The zero-order valence-corrected chi connectivity index (χ0v) is 24.2. The van der Waals surface area contributed by atoms with Gasteiger partial charge in [0.05, 0.1) is 12.7 Å². The Morgan fingerprint density at radius 3 is 2.52 bits per heavy atom. The highest BCUT2D eigenvalue weighted by molar-refractivity contribution is 8.00. The van der Waals surface area contributed by atoms with Crippen LogP contribution >= 0.6 is 23.1 Å². The number of β-lactam (4-membered cyclic amide) rings is 1. The smallest absolute Gasteiger partial charge is 0.431 e. The fourth-order valence-electron chi connectivity index (χ4n) is 3.64. The van der Waals surface area contributed by atoms with Crippen LogP contribution in [0.5, 0.6) is 0 Å². The van der Waals surface area contributed by atoms with Crippen molar-refractivity contribution < 1.29 is 47.8 Å². The Morgan fingerprint density at radius 1 is 1.18 bits per heavy atom. The van der Waals surface area contributed by atoms with Crippen molar-refractivity contribution in [2.24, 2.45) is 5.16 Å². The van der Waals surface area contributed by atoms with Gasteiger partial charge in [-0.2, -0.15) is 0 Å². The van der Waals surface area contributed by atoms with Gasteiger partial charge in [0, 0.05) is 32.1 Å². The number of hydrogen-bond donors (Lipinski definition) is 2. The van der Waals surface area contributed by atoms with E-state index in [4.69, 9.17) is 23.8 Å². The first-order valence-electron chi connectivity index (χ1n) is 11.9. The molecular formula is C23H29N5O10S2. The second kappa shape index (κ2) is 13.6. The Labute approximate surface area is 237 Å². The first-order chi connectivity index (χ1) is 19.0. The van der Waals surface area contributed by atoms with Crippen LogP contribution in [0.1, 0.15) is 33.4 Å². The number of thiazole rings is 1. The number of carbonyl (C=O) groups excluding carboxylic acids is 5. The average Bonchev–Trinajstić information content (AvgIpc) is 3.31. The molecule has 1 aromatic rings. The van der Waals surface area contributed by atoms with E-state index in [0.717, 1.165) is 11.3 Å². The Bertz CT molecular complexity index is 1230. The Kier molecular flexibility index (Phi) is 10.5. The molecule has 3 rings (SSSR count). The van der Waals surface area contributed by atoms with Gasteiger partial charge in [0.15, 0.2) is 10.8 Å². The van der Waals surface area contributed by atoms with Gasteiger partial charge in [0.2, 0.25) is 12.2 Å². The molecule has 1 aromatic heterocycles. The Morgan fingerprint density at radius 2 is 1.90 bits per heavy atom. The van der Waals surface area contributed by atoms with Crippen LogP contribution in [0.3, 0.4) is 0 Å². The van der Waals surface area contributed by atoms with E-state index in [0.29, 0.717) is 11.3 Å². The number of oxime groups is 1. The van der Waals surface area contributed by atoms with Gasteiger partial charge >= 0.3 is 12.1 Å². The molecule has 3 amide bonds. The summed E-state index contributed by atoms with van der Waals surface area (Å²) in [6.07, 6.45) is -2.75. The summed E-state index contributed by atoms with van der Waals surface area (Å²) in [4.78, 5) is 72.6. The lowest BCUT2D eigenvalue weighted by Gasteiger charge is -2.49. The van der Waals surface area contributed by atoms with E-state index in [1.165, 1.54) is 50.1 Å². The maximum absolute atomic E-state index is 13.2. The molecule has 1 saturated heterocycles. The Hall–Kier alpha value is -3.70. The maximum atomic E-state index is 13.2. The minimum absolute atomic E-state index is 0.0424. The van der Waals surface area contributed by atoms with Gasteiger partial charge in [-0.3, -0.25) is 19.3 Å². The molecule has 0 spiro atoms. The Balaban J connectivity index is 1.74. The standard InChI is InChI=1S/C23H29N5O10S2/c1-10(2)36-23(33)38-12(4)37-21(32)17-13(7-34-5)8-39-20-16(19(31)28(17)20)26-18(30)15(27-35-6)14-9-40-22(25-14)24-11(3)29/h9-10,12,16,20H,7-8H2,1-6H3,(H,26,30)(H,24,25,29)/b27-15-/t12?,16-,20-/m1/s1. The summed E-state index contributed by atoms with van der Waals surface area (Å²) in [5, 5.41) is 9.97. The van der Waals surface area contributed by atoms with E-state index in [9.17, 15) is 24.0 Å². The fourth-order valence-corrected chi connectivity index (χ4v) is 5.71. The van der Waals surface area contributed by atoms with Crippen molar-refractivity contribution in [2.45, 2.75) is 51.5 Å². The van der Waals surface area contributed by atoms with Gasteiger partial charge < -0.3 is 34.4 Å². The van der Waals surface area contributed by atoms with E-state index < -0.39 is 47.7 Å². The topological polar surface area (TPSA) is 184 Å². The number of esters is 1. The molecule has 3 heterocycles. The number of ether oxygens (including phenoxy) is 4. The number of rotatable bonds is 11. The maximum Gasteiger partial charge on any atom is 0.511 e. The number of hydrogen-bond acceptors (Lipinski definition) is 14. The van der Waals surface area contributed by atoms with Crippen LogP contribution in [0.4, 0.5) is 9.93 Å².